The van der Waals surface area contributed by atoms with E-state index in [-0.39, 0.29) is 5.41 Å². The number of hydrogen-bond donors (Lipinski definition) is 1. The van der Waals surface area contributed by atoms with Crippen molar-refractivity contribution >= 4 is 11.0 Å². The number of hydrogen-bond acceptors (Lipinski definition) is 0. The minimum atomic E-state index is 0.263. The Morgan fingerprint density at radius 3 is 2.29 bits per heavy atom. The van der Waals surface area contributed by atoms with Crippen molar-refractivity contribution in [3.63, 3.8) is 0 Å². The highest BCUT2D eigenvalue weighted by atomic mass is 15.1. The second-order valence-electron chi connectivity index (χ2n) is 6.90. The molecule has 1 N–H and O–H groups in total. The Balaban J connectivity index is 2.07. The van der Waals surface area contributed by atoms with Crippen LogP contribution in [-0.4, -0.2) is 4.98 Å². The van der Waals surface area contributed by atoms with Crippen LogP contribution in [0.1, 0.15) is 32.2 Å². The van der Waals surface area contributed by atoms with Crippen LogP contribution in [0.3, 0.4) is 0 Å². The molecule has 0 amide bonds. The highest BCUT2D eigenvalue weighted by Gasteiger charge is 2.23. The number of fused-ring (bicyclic) bond motifs is 1. The van der Waals surface area contributed by atoms with Gasteiger partial charge in [-0.1, -0.05) is 63.2 Å². The Labute approximate surface area is 126 Å². The first kappa shape index (κ1) is 13.9. The number of nitrogens with zero attached hydrogens (tertiary/aromatic N) is 1. The first-order valence-corrected chi connectivity index (χ1v) is 7.56. The quantitative estimate of drug-likeness (QED) is 0.697. The fourth-order valence-corrected chi connectivity index (χ4v) is 2.77. The molecule has 3 rings (SSSR count). The molecule has 0 unspecified atom stereocenters. The molecule has 0 aliphatic heterocycles. The maximum atomic E-state index is 3.60. The van der Waals surface area contributed by atoms with Gasteiger partial charge in [0.15, 0.2) is 11.0 Å². The van der Waals surface area contributed by atoms with E-state index in [1.807, 2.05) is 0 Å². The smallest absolute Gasteiger partial charge is 0.241 e. The van der Waals surface area contributed by atoms with Crippen LogP contribution in [0, 0.1) is 5.41 Å². The van der Waals surface area contributed by atoms with Crippen molar-refractivity contribution in [2.24, 2.45) is 5.41 Å². The van der Waals surface area contributed by atoms with E-state index in [1.54, 1.807) is 0 Å². The number of benzene rings is 2. The van der Waals surface area contributed by atoms with E-state index in [0.717, 1.165) is 13.0 Å². The minimum Gasteiger partial charge on any atom is -0.241 e. The molecule has 0 fully saturated rings. The average molecular weight is 279 g/mol. The summed E-state index contributed by atoms with van der Waals surface area (Å²) in [6.45, 7) is 7.76. The van der Waals surface area contributed by atoms with Gasteiger partial charge in [-0.2, -0.15) is 0 Å². The molecule has 3 aromatic rings. The molecule has 0 atom stereocenters. The van der Waals surface area contributed by atoms with Crippen LogP contribution in [0.15, 0.2) is 54.6 Å². The zero-order chi connectivity index (χ0) is 14.9. The molecular weight excluding hydrogens is 256 g/mol. The summed E-state index contributed by atoms with van der Waals surface area (Å²) in [6.07, 6.45) is 1.04. The Morgan fingerprint density at radius 1 is 0.905 bits per heavy atom. The molecule has 0 bridgehead atoms. The Hall–Kier alpha value is -2.09. The van der Waals surface area contributed by atoms with Gasteiger partial charge in [0.1, 0.15) is 6.54 Å². The molecule has 0 saturated heterocycles. The lowest BCUT2D eigenvalue weighted by molar-refractivity contribution is -0.670. The largest absolute Gasteiger partial charge is 0.255 e. The number of nitrogens with one attached hydrogen (secondary N) is 1. The summed E-state index contributed by atoms with van der Waals surface area (Å²) in [4.78, 5) is 3.60. The molecule has 108 valence electrons. The Morgan fingerprint density at radius 2 is 1.57 bits per heavy atom. The van der Waals surface area contributed by atoms with Crippen LogP contribution in [0.5, 0.6) is 0 Å². The molecule has 2 nitrogen and oxygen atoms in total. The van der Waals surface area contributed by atoms with Crippen LogP contribution in [0.2, 0.25) is 0 Å². The average Bonchev–Trinajstić information content (AvgIpc) is 2.76. The third-order valence-corrected chi connectivity index (χ3v) is 3.68. The molecule has 0 saturated carbocycles. The molecule has 2 aromatic carbocycles. The molecule has 21 heavy (non-hydrogen) atoms. The van der Waals surface area contributed by atoms with Gasteiger partial charge in [0.25, 0.3) is 5.82 Å². The topological polar surface area (TPSA) is 19.7 Å². The molecular formula is C19H23N2+. The van der Waals surface area contributed by atoms with Gasteiger partial charge in [0, 0.05) is 0 Å². The zero-order valence-electron chi connectivity index (χ0n) is 13.1. The molecule has 0 aliphatic rings. The molecule has 1 heterocycles. The second-order valence-corrected chi connectivity index (χ2v) is 6.90. The maximum absolute atomic E-state index is 3.60. The van der Waals surface area contributed by atoms with Gasteiger partial charge in [0.2, 0.25) is 0 Å². The van der Waals surface area contributed by atoms with Crippen LogP contribution >= 0.6 is 0 Å². The van der Waals surface area contributed by atoms with E-state index in [1.165, 1.54) is 22.4 Å². The second kappa shape index (κ2) is 5.36. The van der Waals surface area contributed by atoms with Gasteiger partial charge >= 0.3 is 0 Å². The maximum Gasteiger partial charge on any atom is 0.255 e. The molecule has 2 heteroatoms. The van der Waals surface area contributed by atoms with Gasteiger partial charge in [-0.25, -0.2) is 9.55 Å². The van der Waals surface area contributed by atoms with Gasteiger partial charge in [-0.05, 0) is 23.1 Å². The Kier molecular flexibility index (Phi) is 3.54. The number of aromatic nitrogens is 2. The molecule has 0 spiro atoms. The van der Waals surface area contributed by atoms with Crippen molar-refractivity contribution in [1.29, 1.82) is 0 Å². The summed E-state index contributed by atoms with van der Waals surface area (Å²) in [5.41, 5.74) is 4.09. The number of aromatic amines is 1. The third kappa shape index (κ3) is 3.15. The lowest BCUT2D eigenvalue weighted by Gasteiger charge is -2.15. The van der Waals surface area contributed by atoms with Gasteiger partial charge in [-0.15, -0.1) is 0 Å². The van der Waals surface area contributed by atoms with E-state index in [0.29, 0.717) is 0 Å². The first-order chi connectivity index (χ1) is 10.0. The summed E-state index contributed by atoms with van der Waals surface area (Å²) in [5.74, 6) is 1.30. The summed E-state index contributed by atoms with van der Waals surface area (Å²) < 4.78 is 2.41. The van der Waals surface area contributed by atoms with Crippen molar-refractivity contribution in [3.05, 3.63) is 66.0 Å². The number of rotatable bonds is 3. The fraction of sp³-hybridized carbons (Fsp3) is 0.316. The number of imidazole rings is 1. The van der Waals surface area contributed by atoms with E-state index in [2.05, 4.69) is 84.9 Å². The van der Waals surface area contributed by atoms with Crippen LogP contribution in [-0.2, 0) is 13.0 Å². The van der Waals surface area contributed by atoms with Crippen molar-refractivity contribution in [1.82, 2.24) is 4.98 Å². The van der Waals surface area contributed by atoms with E-state index in [9.17, 15) is 0 Å². The molecule has 1 aromatic heterocycles. The first-order valence-electron chi connectivity index (χ1n) is 7.56. The SMILES string of the molecule is CC(C)(C)Cc1[nH]c2ccccc2[n+]1Cc1ccccc1. The van der Waals surface area contributed by atoms with Gasteiger partial charge in [0.05, 0.1) is 6.42 Å². The predicted molar refractivity (Wildman–Crippen MR) is 87.2 cm³/mol. The van der Waals surface area contributed by atoms with Gasteiger partial charge < -0.3 is 0 Å². The van der Waals surface area contributed by atoms with Crippen LogP contribution in [0.25, 0.3) is 11.0 Å². The van der Waals surface area contributed by atoms with Crippen LogP contribution in [0.4, 0.5) is 0 Å². The zero-order valence-corrected chi connectivity index (χ0v) is 13.1. The highest BCUT2D eigenvalue weighted by molar-refractivity contribution is 5.71. The van der Waals surface area contributed by atoms with Crippen LogP contribution < -0.4 is 4.57 Å². The number of H-pyrrole nitrogens is 1. The summed E-state index contributed by atoms with van der Waals surface area (Å²) in [6, 6.07) is 19.2. The van der Waals surface area contributed by atoms with E-state index >= 15 is 0 Å². The van der Waals surface area contributed by atoms with E-state index in [4.69, 9.17) is 0 Å². The normalized spacial score (nSPS) is 12.0. The summed E-state index contributed by atoms with van der Waals surface area (Å²) in [5, 5.41) is 0. The number of para-hydroxylation sites is 2. The summed E-state index contributed by atoms with van der Waals surface area (Å²) >= 11 is 0. The van der Waals surface area contributed by atoms with Crippen molar-refractivity contribution in [2.45, 2.75) is 33.7 Å². The molecule has 0 radical (unpaired) electrons. The lowest BCUT2D eigenvalue weighted by atomic mass is 9.92. The van der Waals surface area contributed by atoms with Crippen molar-refractivity contribution < 1.29 is 4.57 Å². The third-order valence-electron chi connectivity index (χ3n) is 3.68. The lowest BCUT2D eigenvalue weighted by Crippen LogP contribution is -2.39. The highest BCUT2D eigenvalue weighted by Crippen LogP contribution is 2.20. The Bertz CT molecular complexity index is 733. The summed E-state index contributed by atoms with van der Waals surface area (Å²) in [7, 11) is 0. The van der Waals surface area contributed by atoms with Gasteiger partial charge in [-0.3, -0.25) is 0 Å². The minimum absolute atomic E-state index is 0.263. The van der Waals surface area contributed by atoms with Crippen molar-refractivity contribution in [3.8, 4) is 0 Å². The van der Waals surface area contributed by atoms with E-state index < -0.39 is 0 Å². The fourth-order valence-electron chi connectivity index (χ4n) is 2.77. The standard InChI is InChI=1S/C19H22N2/c1-19(2,3)13-18-20-16-11-7-8-12-17(16)21(18)14-15-9-5-4-6-10-15/h4-12H,13-14H2,1-3H3/p+1. The monoisotopic (exact) mass is 279 g/mol. The van der Waals surface area contributed by atoms with Crippen molar-refractivity contribution in [2.75, 3.05) is 0 Å². The predicted octanol–water partition coefficient (Wildman–Crippen LogP) is 4.09. The molecule has 0 aliphatic carbocycles.